The fraction of sp³-hybridized carbons (Fsp3) is 0.435. The molecule has 0 spiro atoms. The molecule has 0 aromatic heterocycles. The first-order chi connectivity index (χ1) is 15.2. The van der Waals surface area contributed by atoms with E-state index in [0.717, 1.165) is 31.2 Å². The van der Waals surface area contributed by atoms with Crippen molar-refractivity contribution in [1.82, 2.24) is 14.5 Å². The molecule has 1 atom stereocenters. The van der Waals surface area contributed by atoms with Crippen molar-refractivity contribution in [2.24, 2.45) is 0 Å². The molecule has 3 rings (SSSR count). The average Bonchev–Trinajstić information content (AvgIpc) is 3.04. The zero-order chi connectivity index (χ0) is 23.3. The number of hydrogen-bond acceptors (Lipinski definition) is 4. The number of hydrogen-bond donors (Lipinski definition) is 1. The van der Waals surface area contributed by atoms with E-state index in [0.29, 0.717) is 13.1 Å². The molecule has 1 N–H and O–H groups in total. The molecule has 174 valence electrons. The van der Waals surface area contributed by atoms with Crippen LogP contribution in [-0.2, 0) is 10.0 Å². The van der Waals surface area contributed by atoms with Crippen LogP contribution >= 0.6 is 11.6 Å². The standard InChI is InChI=1S/C23H29ClFN3O3S/c1-27(2)21(17-8-7-9-19(25)14-17)16-26-23(29)18-10-11-20(24)22(15-18)32(30,31)28-12-5-3-4-6-13-28/h7-11,14-15,21H,3-6,12-13,16H2,1-2H3,(H,26,29). The van der Waals surface area contributed by atoms with Gasteiger partial charge in [0, 0.05) is 25.2 Å². The van der Waals surface area contributed by atoms with Crippen LogP contribution in [0.2, 0.25) is 5.02 Å². The maximum Gasteiger partial charge on any atom is 0.251 e. The highest BCUT2D eigenvalue weighted by atomic mass is 35.5. The Morgan fingerprint density at radius 1 is 1.12 bits per heavy atom. The lowest BCUT2D eigenvalue weighted by molar-refractivity contribution is 0.0941. The number of sulfonamides is 1. The monoisotopic (exact) mass is 481 g/mol. The quantitative estimate of drug-likeness (QED) is 0.647. The number of carbonyl (C=O) groups excluding carboxylic acids is 1. The van der Waals surface area contributed by atoms with Crippen molar-refractivity contribution in [3.8, 4) is 0 Å². The van der Waals surface area contributed by atoms with Crippen LogP contribution in [0.4, 0.5) is 4.39 Å². The normalized spacial score (nSPS) is 16.5. The van der Waals surface area contributed by atoms with Gasteiger partial charge in [-0.2, -0.15) is 4.31 Å². The van der Waals surface area contributed by atoms with Gasteiger partial charge >= 0.3 is 0 Å². The molecule has 32 heavy (non-hydrogen) atoms. The number of likely N-dealkylation sites (N-methyl/N-ethyl adjacent to an activating group) is 1. The minimum absolute atomic E-state index is 0.0528. The third kappa shape index (κ3) is 5.86. The first-order valence-corrected chi connectivity index (χ1v) is 12.5. The second-order valence-corrected chi connectivity index (χ2v) is 10.5. The fourth-order valence-corrected chi connectivity index (χ4v) is 5.88. The molecule has 1 amide bonds. The summed E-state index contributed by atoms with van der Waals surface area (Å²) in [5, 5.41) is 2.93. The molecular formula is C23H29ClFN3O3S. The molecule has 1 fully saturated rings. The van der Waals surface area contributed by atoms with Crippen LogP contribution in [0.1, 0.15) is 47.6 Å². The van der Waals surface area contributed by atoms with Crippen molar-refractivity contribution >= 4 is 27.5 Å². The Morgan fingerprint density at radius 3 is 2.44 bits per heavy atom. The lowest BCUT2D eigenvalue weighted by Crippen LogP contribution is -2.35. The van der Waals surface area contributed by atoms with Gasteiger partial charge in [0.1, 0.15) is 10.7 Å². The van der Waals surface area contributed by atoms with E-state index < -0.39 is 15.9 Å². The maximum atomic E-state index is 13.6. The molecule has 1 aliphatic rings. The molecule has 9 heteroatoms. The Bertz CT molecular complexity index is 1050. The number of rotatable bonds is 7. The van der Waals surface area contributed by atoms with Gasteiger partial charge in [-0.25, -0.2) is 12.8 Å². The predicted octanol–water partition coefficient (Wildman–Crippen LogP) is 4.08. The number of nitrogens with one attached hydrogen (secondary N) is 1. The van der Waals surface area contributed by atoms with Crippen LogP contribution in [0.3, 0.4) is 0 Å². The van der Waals surface area contributed by atoms with E-state index in [4.69, 9.17) is 11.6 Å². The molecule has 1 unspecified atom stereocenters. The van der Waals surface area contributed by atoms with Gasteiger partial charge in [-0.1, -0.05) is 36.6 Å². The number of nitrogens with zero attached hydrogens (tertiary/aromatic N) is 2. The summed E-state index contributed by atoms with van der Waals surface area (Å²) in [7, 11) is -0.107. The lowest BCUT2D eigenvalue weighted by Gasteiger charge is -2.25. The van der Waals surface area contributed by atoms with Gasteiger partial charge < -0.3 is 10.2 Å². The minimum Gasteiger partial charge on any atom is -0.350 e. The van der Waals surface area contributed by atoms with E-state index in [2.05, 4.69) is 5.32 Å². The van der Waals surface area contributed by atoms with Crippen molar-refractivity contribution in [2.45, 2.75) is 36.6 Å². The van der Waals surface area contributed by atoms with E-state index in [1.165, 1.54) is 34.6 Å². The summed E-state index contributed by atoms with van der Waals surface area (Å²) in [6, 6.07) is 10.3. The number of benzene rings is 2. The van der Waals surface area contributed by atoms with Crippen LogP contribution in [0.5, 0.6) is 0 Å². The molecule has 1 saturated heterocycles. The van der Waals surface area contributed by atoms with E-state index in [1.807, 2.05) is 19.0 Å². The molecular weight excluding hydrogens is 453 g/mol. The third-order valence-corrected chi connectivity index (χ3v) is 8.07. The predicted molar refractivity (Wildman–Crippen MR) is 124 cm³/mol. The summed E-state index contributed by atoms with van der Waals surface area (Å²) in [6.07, 6.45) is 3.62. The van der Waals surface area contributed by atoms with Gasteiger partial charge in [-0.05, 0) is 62.8 Å². The van der Waals surface area contributed by atoms with Crippen LogP contribution in [0.25, 0.3) is 0 Å². The second-order valence-electron chi connectivity index (χ2n) is 8.21. The highest BCUT2D eigenvalue weighted by Gasteiger charge is 2.28. The largest absolute Gasteiger partial charge is 0.350 e. The molecule has 1 aliphatic heterocycles. The Kier molecular flexibility index (Phi) is 8.27. The highest BCUT2D eigenvalue weighted by Crippen LogP contribution is 2.28. The number of halogens is 2. The Morgan fingerprint density at radius 2 is 1.81 bits per heavy atom. The first kappa shape index (κ1) is 24.6. The Balaban J connectivity index is 1.78. The zero-order valence-corrected chi connectivity index (χ0v) is 19.9. The molecule has 1 heterocycles. The summed E-state index contributed by atoms with van der Waals surface area (Å²) in [5.74, 6) is -0.765. The molecule has 0 saturated carbocycles. The highest BCUT2D eigenvalue weighted by molar-refractivity contribution is 7.89. The summed E-state index contributed by atoms with van der Waals surface area (Å²) < 4.78 is 41.5. The third-order valence-electron chi connectivity index (χ3n) is 5.69. The van der Waals surface area contributed by atoms with Gasteiger partial charge in [-0.3, -0.25) is 4.79 Å². The van der Waals surface area contributed by atoms with Crippen LogP contribution in [-0.4, -0.2) is 57.3 Å². The lowest BCUT2D eigenvalue weighted by atomic mass is 10.1. The summed E-state index contributed by atoms with van der Waals surface area (Å²) in [4.78, 5) is 14.7. The van der Waals surface area contributed by atoms with Crippen molar-refractivity contribution in [2.75, 3.05) is 33.7 Å². The molecule has 0 aliphatic carbocycles. The van der Waals surface area contributed by atoms with Crippen LogP contribution < -0.4 is 5.32 Å². The number of amides is 1. The van der Waals surface area contributed by atoms with Gasteiger partial charge in [0.2, 0.25) is 10.0 Å². The van der Waals surface area contributed by atoms with E-state index in [1.54, 1.807) is 12.1 Å². The van der Waals surface area contributed by atoms with Gasteiger partial charge in [0.15, 0.2) is 0 Å². The maximum absolute atomic E-state index is 13.6. The summed E-state index contributed by atoms with van der Waals surface area (Å²) >= 11 is 6.23. The molecule has 2 aromatic carbocycles. The van der Waals surface area contributed by atoms with Gasteiger partial charge in [0.25, 0.3) is 5.91 Å². The van der Waals surface area contributed by atoms with Gasteiger partial charge in [-0.15, -0.1) is 0 Å². The van der Waals surface area contributed by atoms with E-state index in [-0.39, 0.29) is 33.9 Å². The van der Waals surface area contributed by atoms with E-state index in [9.17, 15) is 17.6 Å². The topological polar surface area (TPSA) is 69.7 Å². The van der Waals surface area contributed by atoms with Crippen molar-refractivity contribution in [3.05, 3.63) is 64.4 Å². The molecule has 0 radical (unpaired) electrons. The summed E-state index contributed by atoms with van der Waals surface area (Å²) in [6.45, 7) is 1.13. The molecule has 6 nitrogen and oxygen atoms in total. The minimum atomic E-state index is -3.79. The fourth-order valence-electron chi connectivity index (χ4n) is 3.87. The SMILES string of the molecule is CN(C)C(CNC(=O)c1ccc(Cl)c(S(=O)(=O)N2CCCCCC2)c1)c1cccc(F)c1. The van der Waals surface area contributed by atoms with Gasteiger partial charge in [0.05, 0.1) is 11.1 Å². The van der Waals surface area contributed by atoms with Crippen LogP contribution in [0, 0.1) is 5.82 Å². The average molecular weight is 482 g/mol. The zero-order valence-electron chi connectivity index (χ0n) is 18.4. The smallest absolute Gasteiger partial charge is 0.251 e. The van der Waals surface area contributed by atoms with E-state index >= 15 is 0 Å². The molecule has 2 aromatic rings. The van der Waals surface area contributed by atoms with Crippen molar-refractivity contribution in [1.29, 1.82) is 0 Å². The molecule has 0 bridgehead atoms. The number of carbonyl (C=O) groups is 1. The first-order valence-electron chi connectivity index (χ1n) is 10.7. The Labute approximate surface area is 194 Å². The Hall–Kier alpha value is -2.00. The second kappa shape index (κ2) is 10.7. The summed E-state index contributed by atoms with van der Waals surface area (Å²) in [5.41, 5.74) is 0.940. The van der Waals surface area contributed by atoms with Crippen molar-refractivity contribution < 1.29 is 17.6 Å². The van der Waals surface area contributed by atoms with Crippen LogP contribution in [0.15, 0.2) is 47.4 Å². The van der Waals surface area contributed by atoms with Crippen molar-refractivity contribution in [3.63, 3.8) is 0 Å².